The number of aromatic nitrogens is 4. The normalized spacial score (nSPS) is 10.9. The second kappa shape index (κ2) is 7.61. The summed E-state index contributed by atoms with van der Waals surface area (Å²) in [4.78, 5) is 21.3. The van der Waals surface area contributed by atoms with Gasteiger partial charge in [-0.1, -0.05) is 23.7 Å². The van der Waals surface area contributed by atoms with Crippen LogP contribution in [0.1, 0.15) is 16.1 Å². The fraction of sp³-hybridized carbons (Fsp3) is 0.0526. The number of hydrogen-bond donors (Lipinski definition) is 1. The van der Waals surface area contributed by atoms with E-state index < -0.39 is 0 Å². The smallest absolute Gasteiger partial charge is 0.275 e. The van der Waals surface area contributed by atoms with Crippen LogP contribution in [0.2, 0.25) is 5.02 Å². The second-order valence-electron chi connectivity index (χ2n) is 5.84. The van der Waals surface area contributed by atoms with Gasteiger partial charge in [0.15, 0.2) is 5.69 Å². The molecule has 3 aromatic heterocycles. The van der Waals surface area contributed by atoms with Crippen LogP contribution in [0.25, 0.3) is 22.2 Å². The van der Waals surface area contributed by atoms with Crippen molar-refractivity contribution < 1.29 is 4.79 Å². The molecule has 8 heteroatoms. The molecule has 6 nitrogen and oxygen atoms in total. The Bertz CT molecular complexity index is 1100. The molecule has 4 rings (SSSR count). The van der Waals surface area contributed by atoms with E-state index in [1.807, 2.05) is 53.2 Å². The highest BCUT2D eigenvalue weighted by molar-refractivity contribution is 14.1. The van der Waals surface area contributed by atoms with Crippen molar-refractivity contribution in [1.82, 2.24) is 23.3 Å². The number of carbonyl (C=O) groups is 1. The molecule has 134 valence electrons. The Morgan fingerprint density at radius 3 is 2.56 bits per heavy atom. The van der Waals surface area contributed by atoms with Gasteiger partial charge in [-0.3, -0.25) is 18.0 Å². The molecule has 0 saturated carbocycles. The molecule has 0 aliphatic rings. The molecule has 27 heavy (non-hydrogen) atoms. The molecule has 3 heterocycles. The minimum Gasteiger partial charge on any atom is -0.275 e. The lowest BCUT2D eigenvalue weighted by Crippen LogP contribution is -2.21. The van der Waals surface area contributed by atoms with Crippen molar-refractivity contribution in [2.24, 2.45) is 0 Å². The molecule has 0 radical (unpaired) electrons. The molecule has 0 aliphatic carbocycles. The van der Waals surface area contributed by atoms with Crippen LogP contribution in [0.5, 0.6) is 0 Å². The van der Waals surface area contributed by atoms with E-state index in [0.29, 0.717) is 22.8 Å². The molecule has 1 amide bonds. The summed E-state index contributed by atoms with van der Waals surface area (Å²) in [5, 5.41) is 8.85. The van der Waals surface area contributed by atoms with Crippen LogP contribution in [0.4, 0.5) is 0 Å². The Hall–Kier alpha value is -2.52. The number of hydrogen-bond acceptors (Lipinski definition) is 4. The molecule has 0 aliphatic heterocycles. The fourth-order valence-electron chi connectivity index (χ4n) is 2.77. The Morgan fingerprint density at radius 2 is 1.81 bits per heavy atom. The van der Waals surface area contributed by atoms with Crippen molar-refractivity contribution in [2.75, 3.05) is 0 Å². The highest BCUT2D eigenvalue weighted by Crippen LogP contribution is 2.28. The van der Waals surface area contributed by atoms with Crippen LogP contribution < -0.4 is 0 Å². The van der Waals surface area contributed by atoms with Gasteiger partial charge in [-0.25, -0.2) is 4.98 Å². The van der Waals surface area contributed by atoms with Crippen LogP contribution in [0.15, 0.2) is 61.1 Å². The van der Waals surface area contributed by atoms with Gasteiger partial charge in [-0.2, -0.15) is 5.10 Å². The van der Waals surface area contributed by atoms with Crippen molar-refractivity contribution >= 4 is 51.3 Å². The summed E-state index contributed by atoms with van der Waals surface area (Å²) in [6.07, 6.45) is 5.05. The summed E-state index contributed by atoms with van der Waals surface area (Å²) in [7, 11) is 0. The number of pyridine rings is 2. The van der Waals surface area contributed by atoms with E-state index in [-0.39, 0.29) is 5.91 Å². The lowest BCUT2D eigenvalue weighted by Gasteiger charge is -2.14. The van der Waals surface area contributed by atoms with Crippen molar-refractivity contribution in [2.45, 2.75) is 6.54 Å². The van der Waals surface area contributed by atoms with Crippen molar-refractivity contribution in [1.29, 1.82) is 0 Å². The zero-order valence-corrected chi connectivity index (χ0v) is 16.8. The lowest BCUT2D eigenvalue weighted by molar-refractivity contribution is 0.0880. The third-order valence-corrected chi connectivity index (χ3v) is 5.13. The average molecular weight is 490 g/mol. The summed E-state index contributed by atoms with van der Waals surface area (Å²) < 4.78 is 1.59. The highest BCUT2D eigenvalue weighted by Gasteiger charge is 2.21. The maximum Gasteiger partial charge on any atom is 0.283 e. The van der Waals surface area contributed by atoms with E-state index in [1.165, 1.54) is 0 Å². The molecule has 0 fully saturated rings. The summed E-state index contributed by atoms with van der Waals surface area (Å²) in [6.45, 7) is 0.444. The maximum absolute atomic E-state index is 12.9. The Kier molecular flexibility index (Phi) is 5.04. The predicted octanol–water partition coefficient (Wildman–Crippen LogP) is 4.67. The molecule has 0 saturated heterocycles. The van der Waals surface area contributed by atoms with Crippen LogP contribution in [-0.2, 0) is 6.54 Å². The third-order valence-electron chi connectivity index (χ3n) is 4.10. The molecule has 0 atom stereocenters. The molecule has 1 N–H and O–H groups in total. The van der Waals surface area contributed by atoms with Gasteiger partial charge in [0, 0.05) is 34.6 Å². The Balaban J connectivity index is 1.66. The van der Waals surface area contributed by atoms with Gasteiger partial charge in [0.2, 0.25) is 0 Å². The number of aromatic amines is 1. The molecule has 1 aromatic carbocycles. The Morgan fingerprint density at radius 1 is 1.07 bits per heavy atom. The van der Waals surface area contributed by atoms with E-state index in [1.54, 1.807) is 33.8 Å². The van der Waals surface area contributed by atoms with E-state index in [0.717, 1.165) is 22.2 Å². The number of fused-ring (bicyclic) bond motifs is 1. The van der Waals surface area contributed by atoms with Gasteiger partial charge >= 0.3 is 0 Å². The number of nitrogens with one attached hydrogen (secondary N) is 1. The third kappa shape index (κ3) is 3.65. The quantitative estimate of drug-likeness (QED) is 0.334. The van der Waals surface area contributed by atoms with Crippen LogP contribution in [-0.4, -0.2) is 29.2 Å². The second-order valence-corrected chi connectivity index (χ2v) is 7.44. The number of H-pyrrole nitrogens is 1. The first-order valence-corrected chi connectivity index (χ1v) is 9.43. The maximum atomic E-state index is 12.9. The monoisotopic (exact) mass is 489 g/mol. The number of amides is 1. The summed E-state index contributed by atoms with van der Waals surface area (Å²) in [6, 6.07) is 13.0. The lowest BCUT2D eigenvalue weighted by atomic mass is 10.1. The molecular weight excluding hydrogens is 477 g/mol. The van der Waals surface area contributed by atoms with Crippen LogP contribution >= 0.6 is 34.5 Å². The van der Waals surface area contributed by atoms with Crippen molar-refractivity contribution in [3.63, 3.8) is 0 Å². The average Bonchev–Trinajstić information content (AvgIpc) is 3.14. The standard InChI is InChI=1S/C19H13ClIN5O/c20-14-3-1-12(2-4-14)11-26(21)19(27)18-17-15(7-10-23-18)16(24-25-17)13-5-8-22-9-6-13/h1-10H,11H2,(H,24,25). The summed E-state index contributed by atoms with van der Waals surface area (Å²) >= 11 is 7.92. The molecule has 4 aromatic rings. The SMILES string of the molecule is O=C(c1nccc2c(-c3ccncc3)n[nH]c12)N(I)Cc1ccc(Cl)cc1. The van der Waals surface area contributed by atoms with Gasteiger partial charge < -0.3 is 0 Å². The zero-order chi connectivity index (χ0) is 18.8. The number of benzene rings is 1. The first-order chi connectivity index (χ1) is 13.1. The van der Waals surface area contributed by atoms with Crippen LogP contribution in [0.3, 0.4) is 0 Å². The topological polar surface area (TPSA) is 74.8 Å². The number of rotatable bonds is 4. The number of carbonyl (C=O) groups excluding carboxylic acids is 1. The minimum atomic E-state index is -0.193. The van der Waals surface area contributed by atoms with E-state index in [9.17, 15) is 4.79 Å². The van der Waals surface area contributed by atoms with E-state index in [2.05, 4.69) is 20.2 Å². The summed E-state index contributed by atoms with van der Waals surface area (Å²) in [5.41, 5.74) is 3.63. The number of nitrogens with zero attached hydrogens (tertiary/aromatic N) is 4. The van der Waals surface area contributed by atoms with E-state index in [4.69, 9.17) is 11.6 Å². The van der Waals surface area contributed by atoms with Gasteiger partial charge in [0.25, 0.3) is 5.91 Å². The molecule has 0 bridgehead atoms. The Labute approximate surface area is 174 Å². The summed E-state index contributed by atoms with van der Waals surface area (Å²) in [5.74, 6) is -0.193. The fourth-order valence-corrected chi connectivity index (χ4v) is 3.52. The van der Waals surface area contributed by atoms with Crippen LogP contribution in [0, 0.1) is 0 Å². The molecule has 0 unspecified atom stereocenters. The van der Waals surface area contributed by atoms with E-state index >= 15 is 0 Å². The molecule has 0 spiro atoms. The van der Waals surface area contributed by atoms with Gasteiger partial charge in [0.05, 0.1) is 34.9 Å². The first kappa shape index (κ1) is 17.9. The van der Waals surface area contributed by atoms with Crippen molar-refractivity contribution in [3.05, 3.63) is 77.3 Å². The minimum absolute atomic E-state index is 0.193. The first-order valence-electron chi connectivity index (χ1n) is 8.09. The van der Waals surface area contributed by atoms with Gasteiger partial charge in [-0.15, -0.1) is 0 Å². The van der Waals surface area contributed by atoms with Gasteiger partial charge in [0.1, 0.15) is 5.69 Å². The molecular formula is C19H13ClIN5O. The van der Waals surface area contributed by atoms with Gasteiger partial charge in [-0.05, 0) is 35.9 Å². The number of halogens is 2. The van der Waals surface area contributed by atoms with Crippen molar-refractivity contribution in [3.8, 4) is 11.3 Å². The largest absolute Gasteiger partial charge is 0.283 e. The predicted molar refractivity (Wildman–Crippen MR) is 112 cm³/mol. The highest BCUT2D eigenvalue weighted by atomic mass is 127. The zero-order valence-electron chi connectivity index (χ0n) is 13.9.